The Kier molecular flexibility index (Phi) is 3.63. The summed E-state index contributed by atoms with van der Waals surface area (Å²) >= 11 is 0. The molecule has 0 aromatic heterocycles. The maximum Gasteiger partial charge on any atom is 0.324 e. The molecule has 1 saturated carbocycles. The minimum atomic E-state index is -0.890. The van der Waals surface area contributed by atoms with E-state index < -0.39 is 11.5 Å². The predicted molar refractivity (Wildman–Crippen MR) is 74.9 cm³/mol. The summed E-state index contributed by atoms with van der Waals surface area (Å²) in [5.74, 6) is 1.24. The van der Waals surface area contributed by atoms with E-state index in [4.69, 9.17) is 14.2 Å². The largest absolute Gasteiger partial charge is 0.490 e. The number of carboxylic acid groups (broad SMARTS) is 1. The fourth-order valence-electron chi connectivity index (χ4n) is 3.00. The number of hydrogen-bond acceptors (Lipinski definition) is 5. The minimum absolute atomic E-state index is 0.123. The molecule has 2 N–H and O–H groups in total. The number of likely N-dealkylation sites (N-methyl/N-ethyl adjacent to an activating group) is 1. The Labute approximate surface area is 123 Å². The molecule has 0 spiro atoms. The molecule has 0 amide bonds. The highest BCUT2D eigenvalue weighted by atomic mass is 16.7. The van der Waals surface area contributed by atoms with E-state index in [9.17, 15) is 9.90 Å². The van der Waals surface area contributed by atoms with E-state index in [-0.39, 0.29) is 12.9 Å². The van der Waals surface area contributed by atoms with Gasteiger partial charge in [0.15, 0.2) is 11.5 Å². The molecule has 0 radical (unpaired) electrons. The molecule has 1 aromatic carbocycles. The standard InChI is InChI=1S/C15H19NO5/c1-16-15(14(17)18)6-2-3-11(8-15)21-10-4-5-12-13(7-10)20-9-19-12/h4-5,7,11,16H,2-3,6,8-9H2,1H3,(H,17,18). The van der Waals surface area contributed by atoms with Crippen molar-refractivity contribution in [1.29, 1.82) is 0 Å². The highest BCUT2D eigenvalue weighted by molar-refractivity contribution is 5.79. The van der Waals surface area contributed by atoms with Crippen LogP contribution in [0.15, 0.2) is 18.2 Å². The molecule has 114 valence electrons. The Morgan fingerprint density at radius 2 is 2.24 bits per heavy atom. The van der Waals surface area contributed by atoms with Crippen LogP contribution >= 0.6 is 0 Å². The number of rotatable bonds is 4. The maximum absolute atomic E-state index is 11.5. The SMILES string of the molecule is CNC1(C(=O)O)CCCC(Oc2ccc3c(c2)OCO3)C1. The zero-order chi connectivity index (χ0) is 14.9. The van der Waals surface area contributed by atoms with Gasteiger partial charge in [0.25, 0.3) is 0 Å². The fourth-order valence-corrected chi connectivity index (χ4v) is 3.00. The van der Waals surface area contributed by atoms with Crippen LogP contribution in [0.25, 0.3) is 0 Å². The van der Waals surface area contributed by atoms with Gasteiger partial charge >= 0.3 is 5.97 Å². The summed E-state index contributed by atoms with van der Waals surface area (Å²) in [6.07, 6.45) is 2.63. The summed E-state index contributed by atoms with van der Waals surface area (Å²) in [6.45, 7) is 0.226. The number of carboxylic acids is 1. The van der Waals surface area contributed by atoms with Crippen molar-refractivity contribution in [3.05, 3.63) is 18.2 Å². The summed E-state index contributed by atoms with van der Waals surface area (Å²) in [7, 11) is 1.69. The fraction of sp³-hybridized carbons (Fsp3) is 0.533. The molecule has 3 rings (SSSR count). The van der Waals surface area contributed by atoms with Crippen LogP contribution in [-0.4, -0.2) is 36.6 Å². The molecule has 1 aliphatic carbocycles. The van der Waals surface area contributed by atoms with E-state index in [0.29, 0.717) is 30.1 Å². The van der Waals surface area contributed by atoms with Gasteiger partial charge in [0, 0.05) is 12.5 Å². The number of benzene rings is 1. The molecule has 21 heavy (non-hydrogen) atoms. The van der Waals surface area contributed by atoms with Gasteiger partial charge in [0.05, 0.1) is 0 Å². The third-order valence-electron chi connectivity index (χ3n) is 4.24. The zero-order valence-corrected chi connectivity index (χ0v) is 11.9. The van der Waals surface area contributed by atoms with Crippen LogP contribution in [0.4, 0.5) is 0 Å². The zero-order valence-electron chi connectivity index (χ0n) is 11.9. The van der Waals surface area contributed by atoms with Crippen LogP contribution in [0.3, 0.4) is 0 Å². The van der Waals surface area contributed by atoms with E-state index >= 15 is 0 Å². The maximum atomic E-state index is 11.5. The molecule has 6 heteroatoms. The Morgan fingerprint density at radius 3 is 3.00 bits per heavy atom. The monoisotopic (exact) mass is 293 g/mol. The molecule has 1 aliphatic heterocycles. The molecule has 2 aliphatic rings. The van der Waals surface area contributed by atoms with Crippen molar-refractivity contribution in [3.63, 3.8) is 0 Å². The van der Waals surface area contributed by atoms with Crippen LogP contribution in [0.2, 0.25) is 0 Å². The third-order valence-corrected chi connectivity index (χ3v) is 4.24. The van der Waals surface area contributed by atoms with Crippen molar-refractivity contribution in [2.75, 3.05) is 13.8 Å². The van der Waals surface area contributed by atoms with Crippen molar-refractivity contribution >= 4 is 5.97 Å². The predicted octanol–water partition coefficient (Wildman–Crippen LogP) is 1.78. The van der Waals surface area contributed by atoms with Gasteiger partial charge in [-0.2, -0.15) is 0 Å². The third kappa shape index (κ3) is 2.63. The average molecular weight is 293 g/mol. The quantitative estimate of drug-likeness (QED) is 0.881. The molecule has 0 saturated heterocycles. The Morgan fingerprint density at radius 1 is 1.43 bits per heavy atom. The Hall–Kier alpha value is -1.95. The second-order valence-corrected chi connectivity index (χ2v) is 5.49. The highest BCUT2D eigenvalue weighted by Crippen LogP contribution is 2.37. The van der Waals surface area contributed by atoms with Gasteiger partial charge in [-0.05, 0) is 38.4 Å². The number of aliphatic carboxylic acids is 1. The number of ether oxygens (including phenoxy) is 3. The molecular weight excluding hydrogens is 274 g/mol. The average Bonchev–Trinajstić information content (AvgIpc) is 2.94. The number of nitrogens with one attached hydrogen (secondary N) is 1. The molecule has 1 aromatic rings. The molecule has 6 nitrogen and oxygen atoms in total. The van der Waals surface area contributed by atoms with Crippen LogP contribution in [-0.2, 0) is 4.79 Å². The smallest absolute Gasteiger partial charge is 0.324 e. The lowest BCUT2D eigenvalue weighted by Gasteiger charge is -2.37. The van der Waals surface area contributed by atoms with Crippen molar-refractivity contribution in [3.8, 4) is 17.2 Å². The highest BCUT2D eigenvalue weighted by Gasteiger charge is 2.42. The van der Waals surface area contributed by atoms with E-state index in [1.807, 2.05) is 12.1 Å². The summed E-state index contributed by atoms with van der Waals surface area (Å²) < 4.78 is 16.5. The Bertz CT molecular complexity index is 547. The Balaban J connectivity index is 1.71. The topological polar surface area (TPSA) is 77.0 Å². The normalized spacial score (nSPS) is 27.4. The summed E-state index contributed by atoms with van der Waals surface area (Å²) in [5, 5.41) is 12.4. The summed E-state index contributed by atoms with van der Waals surface area (Å²) in [6, 6.07) is 5.42. The molecule has 0 bridgehead atoms. The van der Waals surface area contributed by atoms with E-state index in [2.05, 4.69) is 5.32 Å². The second kappa shape index (κ2) is 5.44. The van der Waals surface area contributed by atoms with Gasteiger partial charge in [-0.25, -0.2) is 0 Å². The number of carbonyl (C=O) groups is 1. The first-order chi connectivity index (χ1) is 10.1. The van der Waals surface area contributed by atoms with Crippen molar-refractivity contribution < 1.29 is 24.1 Å². The summed E-state index contributed by atoms with van der Waals surface area (Å²) in [4.78, 5) is 11.5. The van der Waals surface area contributed by atoms with Crippen LogP contribution in [0.5, 0.6) is 17.2 Å². The first kappa shape index (κ1) is 14.0. The molecule has 2 unspecified atom stereocenters. The van der Waals surface area contributed by atoms with Gasteiger partial charge in [0.2, 0.25) is 6.79 Å². The van der Waals surface area contributed by atoms with Gasteiger partial charge in [-0.15, -0.1) is 0 Å². The lowest BCUT2D eigenvalue weighted by molar-refractivity contribution is -0.147. The second-order valence-electron chi connectivity index (χ2n) is 5.49. The first-order valence-corrected chi connectivity index (χ1v) is 7.11. The first-order valence-electron chi connectivity index (χ1n) is 7.11. The number of hydrogen-bond donors (Lipinski definition) is 2. The van der Waals surface area contributed by atoms with E-state index in [1.165, 1.54) is 0 Å². The minimum Gasteiger partial charge on any atom is -0.490 e. The molecular formula is C15H19NO5. The molecule has 2 atom stereocenters. The van der Waals surface area contributed by atoms with Gasteiger partial charge in [-0.1, -0.05) is 0 Å². The lowest BCUT2D eigenvalue weighted by Crippen LogP contribution is -2.55. The van der Waals surface area contributed by atoms with Crippen LogP contribution in [0.1, 0.15) is 25.7 Å². The van der Waals surface area contributed by atoms with Gasteiger partial charge in [0.1, 0.15) is 17.4 Å². The van der Waals surface area contributed by atoms with Gasteiger partial charge in [-0.3, -0.25) is 4.79 Å². The van der Waals surface area contributed by atoms with Crippen molar-refractivity contribution in [2.45, 2.75) is 37.3 Å². The van der Waals surface area contributed by atoms with Crippen LogP contribution in [0, 0.1) is 0 Å². The lowest BCUT2D eigenvalue weighted by atomic mass is 9.80. The van der Waals surface area contributed by atoms with E-state index in [1.54, 1.807) is 13.1 Å². The molecule has 1 heterocycles. The van der Waals surface area contributed by atoms with Crippen LogP contribution < -0.4 is 19.5 Å². The van der Waals surface area contributed by atoms with Gasteiger partial charge < -0.3 is 24.6 Å². The van der Waals surface area contributed by atoms with Crippen molar-refractivity contribution in [2.24, 2.45) is 0 Å². The number of fused-ring (bicyclic) bond motifs is 1. The summed E-state index contributed by atoms with van der Waals surface area (Å²) in [5.41, 5.74) is -0.890. The van der Waals surface area contributed by atoms with E-state index in [0.717, 1.165) is 12.8 Å². The molecule has 1 fully saturated rings. The van der Waals surface area contributed by atoms with Crippen molar-refractivity contribution in [1.82, 2.24) is 5.32 Å².